The smallest absolute Gasteiger partial charge is 0.261 e. The zero-order valence-electron chi connectivity index (χ0n) is 14.4. The fourth-order valence-electron chi connectivity index (χ4n) is 4.37. The molecule has 0 radical (unpaired) electrons. The maximum atomic E-state index is 14.3. The highest BCUT2D eigenvalue weighted by Gasteiger charge is 2.48. The van der Waals surface area contributed by atoms with E-state index >= 15 is 0 Å². The first kappa shape index (κ1) is 16.0. The summed E-state index contributed by atoms with van der Waals surface area (Å²) in [6.45, 7) is 8.44. The van der Waals surface area contributed by atoms with E-state index in [1.54, 1.807) is 13.0 Å². The molecule has 3 fully saturated rings. The maximum Gasteiger partial charge on any atom is 0.261 e. The Hall–Kier alpha value is -1.46. The van der Waals surface area contributed by atoms with Crippen LogP contribution in [0.3, 0.4) is 0 Å². The number of nitrogens with zero attached hydrogens (tertiary/aromatic N) is 1. The molecule has 5 heteroatoms. The first-order valence-corrected chi connectivity index (χ1v) is 9.44. The molecule has 3 aliphatic heterocycles. The largest absolute Gasteiger partial charge is 0.346 e. The van der Waals surface area contributed by atoms with Gasteiger partial charge < -0.3 is 5.32 Å². The summed E-state index contributed by atoms with van der Waals surface area (Å²) in [4.78, 5) is 15.9. The number of amides is 1. The van der Waals surface area contributed by atoms with Crippen LogP contribution in [0.4, 0.5) is 4.39 Å². The average molecular weight is 346 g/mol. The van der Waals surface area contributed by atoms with Gasteiger partial charge in [-0.25, -0.2) is 4.39 Å². The molecular weight excluding hydrogens is 323 g/mol. The molecule has 5 rings (SSSR count). The third kappa shape index (κ3) is 2.37. The highest BCUT2D eigenvalue weighted by atomic mass is 32.1. The van der Waals surface area contributed by atoms with Gasteiger partial charge in [0, 0.05) is 11.6 Å². The van der Waals surface area contributed by atoms with Gasteiger partial charge in [-0.1, -0.05) is 12.1 Å². The Morgan fingerprint density at radius 1 is 1.33 bits per heavy atom. The lowest BCUT2D eigenvalue weighted by Crippen LogP contribution is -2.69. The minimum absolute atomic E-state index is 0.0185. The van der Waals surface area contributed by atoms with E-state index in [4.69, 9.17) is 0 Å². The Labute approximate surface area is 145 Å². The van der Waals surface area contributed by atoms with E-state index in [1.807, 2.05) is 12.1 Å². The lowest BCUT2D eigenvalue weighted by Gasteiger charge is -2.56. The van der Waals surface area contributed by atoms with E-state index in [9.17, 15) is 9.18 Å². The zero-order chi connectivity index (χ0) is 17.1. The van der Waals surface area contributed by atoms with Crippen molar-refractivity contribution in [3.8, 4) is 0 Å². The summed E-state index contributed by atoms with van der Waals surface area (Å²) in [5.74, 6) is 0.266. The fourth-order valence-corrected chi connectivity index (χ4v) is 5.42. The van der Waals surface area contributed by atoms with Gasteiger partial charge in [0.15, 0.2) is 0 Å². The molecule has 3 saturated heterocycles. The molecule has 2 aromatic rings. The van der Waals surface area contributed by atoms with Gasteiger partial charge in [-0.05, 0) is 69.6 Å². The average Bonchev–Trinajstić information content (AvgIpc) is 3.00. The van der Waals surface area contributed by atoms with Crippen molar-refractivity contribution < 1.29 is 9.18 Å². The number of fused-ring (bicyclic) bond motifs is 4. The molecule has 1 aromatic heterocycles. The molecule has 1 amide bonds. The molecule has 1 N–H and O–H groups in total. The number of benzene rings is 1. The normalized spacial score (nSPS) is 28.2. The number of hydrogen-bond acceptors (Lipinski definition) is 3. The Morgan fingerprint density at radius 2 is 2.04 bits per heavy atom. The molecule has 4 heterocycles. The summed E-state index contributed by atoms with van der Waals surface area (Å²) in [6, 6.07) is 5.62. The van der Waals surface area contributed by atoms with Gasteiger partial charge >= 0.3 is 0 Å². The molecule has 2 bridgehead atoms. The summed E-state index contributed by atoms with van der Waals surface area (Å²) in [6.07, 6.45) is 2.29. The number of rotatable bonds is 2. The summed E-state index contributed by atoms with van der Waals surface area (Å²) >= 11 is 1.25. The van der Waals surface area contributed by atoms with Crippen LogP contribution in [-0.4, -0.2) is 35.5 Å². The number of thiophene rings is 1. The zero-order valence-corrected chi connectivity index (χ0v) is 15.2. The van der Waals surface area contributed by atoms with Crippen molar-refractivity contribution in [2.24, 2.45) is 5.92 Å². The minimum Gasteiger partial charge on any atom is -0.346 e. The van der Waals surface area contributed by atoms with Crippen molar-refractivity contribution in [1.29, 1.82) is 0 Å². The van der Waals surface area contributed by atoms with Crippen LogP contribution in [0.25, 0.3) is 10.1 Å². The lowest BCUT2D eigenvalue weighted by atomic mass is 9.72. The molecule has 0 saturated carbocycles. The summed E-state index contributed by atoms with van der Waals surface area (Å²) < 4.78 is 14.8. The van der Waals surface area contributed by atoms with Gasteiger partial charge in [-0.2, -0.15) is 0 Å². The standard InChI is InChI=1S/C19H23FN2OS/c1-11-4-5-13-10-14(24-16(13)15(11)20)18(23)21-17-12-6-8-22(9-7-12)19(17,2)3/h4-5,10,12,17H,6-9H2,1-3H3,(H,21,23)/t17-/m0/s1. The second-order valence-corrected chi connectivity index (χ2v) is 8.71. The Kier molecular flexibility index (Phi) is 3.69. The summed E-state index contributed by atoms with van der Waals surface area (Å²) in [5.41, 5.74) is 0.602. The molecule has 128 valence electrons. The molecule has 1 aromatic carbocycles. The maximum absolute atomic E-state index is 14.3. The Bertz CT molecular complexity index is 805. The van der Waals surface area contributed by atoms with E-state index in [2.05, 4.69) is 24.1 Å². The lowest BCUT2D eigenvalue weighted by molar-refractivity contribution is -0.0377. The van der Waals surface area contributed by atoms with Crippen molar-refractivity contribution in [3.05, 3.63) is 34.5 Å². The second-order valence-electron chi connectivity index (χ2n) is 7.65. The number of nitrogens with one attached hydrogen (secondary N) is 1. The van der Waals surface area contributed by atoms with Gasteiger partial charge in [0.1, 0.15) is 5.82 Å². The fraction of sp³-hybridized carbons (Fsp3) is 0.526. The number of carbonyl (C=O) groups excluding carboxylic acids is 1. The van der Waals surface area contributed by atoms with E-state index < -0.39 is 0 Å². The van der Waals surface area contributed by atoms with Crippen LogP contribution in [0.1, 0.15) is 41.9 Å². The molecule has 0 spiro atoms. The van der Waals surface area contributed by atoms with Crippen LogP contribution in [0.15, 0.2) is 18.2 Å². The van der Waals surface area contributed by atoms with Crippen LogP contribution in [0.2, 0.25) is 0 Å². The minimum atomic E-state index is -0.209. The van der Waals surface area contributed by atoms with Gasteiger partial charge in [0.2, 0.25) is 0 Å². The van der Waals surface area contributed by atoms with Crippen molar-refractivity contribution in [3.63, 3.8) is 0 Å². The summed E-state index contributed by atoms with van der Waals surface area (Å²) in [5, 5.41) is 4.07. The van der Waals surface area contributed by atoms with Gasteiger partial charge in [-0.3, -0.25) is 9.69 Å². The molecule has 3 nitrogen and oxygen atoms in total. The predicted molar refractivity (Wildman–Crippen MR) is 96.2 cm³/mol. The van der Waals surface area contributed by atoms with Gasteiger partial charge in [-0.15, -0.1) is 11.3 Å². The van der Waals surface area contributed by atoms with E-state index in [1.165, 1.54) is 11.3 Å². The van der Waals surface area contributed by atoms with Crippen LogP contribution in [0.5, 0.6) is 0 Å². The van der Waals surface area contributed by atoms with Crippen LogP contribution < -0.4 is 5.32 Å². The molecule has 0 unspecified atom stereocenters. The topological polar surface area (TPSA) is 32.3 Å². The second kappa shape index (κ2) is 5.53. The van der Waals surface area contributed by atoms with E-state index in [0.29, 0.717) is 21.1 Å². The number of carbonyl (C=O) groups is 1. The van der Waals surface area contributed by atoms with Gasteiger partial charge in [0.05, 0.1) is 9.58 Å². The molecule has 24 heavy (non-hydrogen) atoms. The van der Waals surface area contributed by atoms with Crippen molar-refractivity contribution in [2.45, 2.75) is 45.2 Å². The molecular formula is C19H23FN2OS. The Balaban J connectivity index is 1.61. The highest BCUT2D eigenvalue weighted by molar-refractivity contribution is 7.20. The molecule has 0 aliphatic carbocycles. The number of piperidine rings is 3. The van der Waals surface area contributed by atoms with Crippen molar-refractivity contribution >= 4 is 27.3 Å². The van der Waals surface area contributed by atoms with Crippen molar-refractivity contribution in [2.75, 3.05) is 13.1 Å². The number of aryl methyl sites for hydroxylation is 1. The van der Waals surface area contributed by atoms with Crippen LogP contribution in [0, 0.1) is 18.7 Å². The first-order valence-electron chi connectivity index (χ1n) is 8.62. The van der Waals surface area contributed by atoms with E-state index in [0.717, 1.165) is 31.3 Å². The predicted octanol–water partition coefficient (Wildman–Crippen LogP) is 3.95. The van der Waals surface area contributed by atoms with E-state index in [-0.39, 0.29) is 23.3 Å². The Morgan fingerprint density at radius 3 is 2.71 bits per heavy atom. The van der Waals surface area contributed by atoms with Crippen molar-refractivity contribution in [1.82, 2.24) is 10.2 Å². The highest BCUT2D eigenvalue weighted by Crippen LogP contribution is 2.39. The number of halogens is 1. The number of hydrogen-bond donors (Lipinski definition) is 1. The third-order valence-corrected chi connectivity index (χ3v) is 7.06. The van der Waals surface area contributed by atoms with Crippen LogP contribution >= 0.6 is 11.3 Å². The van der Waals surface area contributed by atoms with Crippen LogP contribution in [-0.2, 0) is 0 Å². The first-order chi connectivity index (χ1) is 11.4. The quantitative estimate of drug-likeness (QED) is 0.893. The molecule has 1 atom stereocenters. The summed E-state index contributed by atoms with van der Waals surface area (Å²) in [7, 11) is 0. The van der Waals surface area contributed by atoms with Gasteiger partial charge in [0.25, 0.3) is 5.91 Å². The molecule has 3 aliphatic rings. The monoisotopic (exact) mass is 346 g/mol. The SMILES string of the molecule is Cc1ccc2cc(C(=O)N[C@H]3C4CCN(CC4)C3(C)C)sc2c1F. The third-order valence-electron chi connectivity index (χ3n) is 5.92.